The molecule has 0 unspecified atom stereocenters. The lowest BCUT2D eigenvalue weighted by Crippen LogP contribution is -1.69. The molecule has 0 spiro atoms. The van der Waals surface area contributed by atoms with E-state index in [1.54, 1.807) is 0 Å². The van der Waals surface area contributed by atoms with Gasteiger partial charge < -0.3 is 0 Å². The first-order valence-electron chi connectivity index (χ1n) is 7.42. The second-order valence-electron chi connectivity index (χ2n) is 4.91. The molecule has 2 aromatic rings. The van der Waals surface area contributed by atoms with Gasteiger partial charge in [0.2, 0.25) is 0 Å². The summed E-state index contributed by atoms with van der Waals surface area (Å²) in [4.78, 5) is 0. The van der Waals surface area contributed by atoms with Gasteiger partial charge >= 0.3 is 0 Å². The van der Waals surface area contributed by atoms with Crippen LogP contribution in [0.25, 0.3) is 0 Å². The molecule has 0 amide bonds. The van der Waals surface area contributed by atoms with Crippen molar-refractivity contribution in [1.82, 2.24) is 0 Å². The van der Waals surface area contributed by atoms with Crippen molar-refractivity contribution < 1.29 is 0 Å². The van der Waals surface area contributed by atoms with Crippen LogP contribution < -0.4 is 0 Å². The molecule has 0 N–H and O–H groups in total. The predicted molar refractivity (Wildman–Crippen MR) is 92.6 cm³/mol. The molecule has 2 aromatic carbocycles. The molecule has 0 aromatic heterocycles. The second-order valence-corrected chi connectivity index (χ2v) is 4.91. The summed E-state index contributed by atoms with van der Waals surface area (Å²) in [6.07, 6.45) is 11.0. The Morgan fingerprint density at radius 2 is 1.22 bits per heavy atom. The minimum atomic E-state index is 0.782. The highest BCUT2D eigenvalue weighted by Crippen LogP contribution is 2.22. The van der Waals surface area contributed by atoms with Gasteiger partial charge in [0, 0.05) is 0 Å². The van der Waals surface area contributed by atoms with Gasteiger partial charge in [0.15, 0.2) is 0 Å². The molecule has 0 aliphatic heterocycles. The van der Waals surface area contributed by atoms with E-state index in [2.05, 4.69) is 32.6 Å². The van der Waals surface area contributed by atoms with Crippen LogP contribution in [0, 0.1) is 0 Å². The largest absolute Gasteiger partial charge is 0.151 e. The summed E-state index contributed by atoms with van der Waals surface area (Å²) in [5.41, 5.74) is 3.23. The maximum absolute atomic E-state index is 4.23. The van der Waals surface area contributed by atoms with Crippen LogP contribution in [0.4, 0.5) is 17.1 Å². The van der Waals surface area contributed by atoms with E-state index in [-0.39, 0.29) is 0 Å². The van der Waals surface area contributed by atoms with E-state index in [4.69, 9.17) is 0 Å². The van der Waals surface area contributed by atoms with Crippen LogP contribution in [0.2, 0.25) is 0 Å². The smallest absolute Gasteiger partial charge is 0.0858 e. The van der Waals surface area contributed by atoms with Crippen LogP contribution >= 0.6 is 0 Å². The maximum Gasteiger partial charge on any atom is 0.0858 e. The number of rotatable bonds is 4. The number of nitrogens with zero attached hydrogens (tertiary/aromatic N) is 4. The molecule has 23 heavy (non-hydrogen) atoms. The molecule has 4 heteroatoms. The molecule has 0 atom stereocenters. The topological polar surface area (TPSA) is 49.4 Å². The number of hydrogen-bond donors (Lipinski definition) is 0. The normalized spacial score (nSPS) is 14.3. The standard InChI is InChI=1S/C19H16N4/c1-2-5-9-16(8-4-1)20-22-18-12-14-19(15-13-18)23-21-17-10-6-3-7-11-17/h1,3-15H,2H2. The van der Waals surface area contributed by atoms with Crippen LogP contribution in [0.15, 0.2) is 111 Å². The SMILES string of the molecule is C1=CCC=CC(N=Nc2ccc(N=Nc3ccccc3)cc2)=C1. The lowest BCUT2D eigenvalue weighted by molar-refractivity contribution is 1.16. The third-order valence-corrected chi connectivity index (χ3v) is 3.13. The summed E-state index contributed by atoms with van der Waals surface area (Å²) < 4.78 is 0. The average Bonchev–Trinajstić information content (AvgIpc) is 2.89. The zero-order chi connectivity index (χ0) is 15.7. The van der Waals surface area contributed by atoms with E-state index in [0.29, 0.717) is 0 Å². The van der Waals surface area contributed by atoms with E-state index in [9.17, 15) is 0 Å². The fourth-order valence-corrected chi connectivity index (χ4v) is 1.95. The first kappa shape index (κ1) is 14.8. The van der Waals surface area contributed by atoms with Gasteiger partial charge in [0.1, 0.15) is 0 Å². The van der Waals surface area contributed by atoms with Crippen LogP contribution in [0.1, 0.15) is 6.42 Å². The lowest BCUT2D eigenvalue weighted by Gasteiger charge is -1.95. The summed E-state index contributed by atoms with van der Waals surface area (Å²) in [6.45, 7) is 0. The first-order valence-corrected chi connectivity index (χ1v) is 7.42. The molecule has 1 aliphatic rings. The Morgan fingerprint density at radius 1 is 0.609 bits per heavy atom. The molecule has 112 valence electrons. The fourth-order valence-electron chi connectivity index (χ4n) is 1.95. The molecule has 0 saturated heterocycles. The minimum Gasteiger partial charge on any atom is -0.151 e. The first-order chi connectivity index (χ1) is 11.4. The van der Waals surface area contributed by atoms with Gasteiger partial charge in [-0.15, -0.1) is 0 Å². The third kappa shape index (κ3) is 4.68. The quantitative estimate of drug-likeness (QED) is 0.572. The molecule has 0 saturated carbocycles. The van der Waals surface area contributed by atoms with Crippen molar-refractivity contribution in [2.24, 2.45) is 20.5 Å². The Labute approximate surface area is 135 Å². The Bertz CT molecular complexity index is 782. The Kier molecular flexibility index (Phi) is 4.98. The van der Waals surface area contributed by atoms with Gasteiger partial charge in [-0.1, -0.05) is 36.4 Å². The predicted octanol–water partition coefficient (Wildman–Crippen LogP) is 6.59. The molecule has 1 aliphatic carbocycles. The van der Waals surface area contributed by atoms with Crippen molar-refractivity contribution in [3.05, 3.63) is 90.7 Å². The molecule has 0 bridgehead atoms. The summed E-state index contributed by atoms with van der Waals surface area (Å²) in [5.74, 6) is 0. The summed E-state index contributed by atoms with van der Waals surface area (Å²) in [6, 6.07) is 17.1. The van der Waals surface area contributed by atoms with E-state index in [1.807, 2.05) is 72.8 Å². The molecule has 0 radical (unpaired) electrons. The van der Waals surface area contributed by atoms with E-state index < -0.39 is 0 Å². The van der Waals surface area contributed by atoms with Crippen LogP contribution in [0.5, 0.6) is 0 Å². The monoisotopic (exact) mass is 300 g/mol. The highest BCUT2D eigenvalue weighted by molar-refractivity contribution is 5.47. The van der Waals surface area contributed by atoms with Gasteiger partial charge in [0.25, 0.3) is 0 Å². The molecule has 3 rings (SSSR count). The van der Waals surface area contributed by atoms with Crippen LogP contribution in [-0.2, 0) is 0 Å². The Morgan fingerprint density at radius 3 is 1.91 bits per heavy atom. The van der Waals surface area contributed by atoms with E-state index >= 15 is 0 Å². The van der Waals surface area contributed by atoms with E-state index in [0.717, 1.165) is 29.2 Å². The number of hydrogen-bond acceptors (Lipinski definition) is 4. The molecular formula is C19H16N4. The summed E-state index contributed by atoms with van der Waals surface area (Å²) in [5, 5.41) is 16.8. The van der Waals surface area contributed by atoms with Gasteiger partial charge in [-0.25, -0.2) is 0 Å². The maximum atomic E-state index is 4.23. The van der Waals surface area contributed by atoms with Crippen molar-refractivity contribution in [1.29, 1.82) is 0 Å². The van der Waals surface area contributed by atoms with Crippen molar-refractivity contribution in [3.63, 3.8) is 0 Å². The van der Waals surface area contributed by atoms with Crippen molar-refractivity contribution in [3.8, 4) is 0 Å². The fraction of sp³-hybridized carbons (Fsp3) is 0.0526. The highest BCUT2D eigenvalue weighted by Gasteiger charge is 1.94. The van der Waals surface area contributed by atoms with Gasteiger partial charge in [-0.3, -0.25) is 0 Å². The minimum absolute atomic E-state index is 0.782. The van der Waals surface area contributed by atoms with Gasteiger partial charge in [-0.05, 0) is 55.0 Å². The Balaban J connectivity index is 1.66. The summed E-state index contributed by atoms with van der Waals surface area (Å²) in [7, 11) is 0. The number of azo groups is 2. The number of allylic oxidation sites excluding steroid dienone is 5. The summed E-state index contributed by atoms with van der Waals surface area (Å²) >= 11 is 0. The lowest BCUT2D eigenvalue weighted by atomic mass is 10.3. The van der Waals surface area contributed by atoms with Gasteiger partial charge in [0.05, 0.1) is 22.8 Å². The highest BCUT2D eigenvalue weighted by atomic mass is 15.1. The van der Waals surface area contributed by atoms with E-state index in [1.165, 1.54) is 0 Å². The van der Waals surface area contributed by atoms with Crippen LogP contribution in [-0.4, -0.2) is 0 Å². The van der Waals surface area contributed by atoms with Gasteiger partial charge in [-0.2, -0.15) is 20.5 Å². The van der Waals surface area contributed by atoms with Crippen molar-refractivity contribution in [2.75, 3.05) is 0 Å². The average molecular weight is 300 g/mol. The third-order valence-electron chi connectivity index (χ3n) is 3.13. The van der Waals surface area contributed by atoms with Crippen molar-refractivity contribution >= 4 is 17.1 Å². The molecule has 0 fully saturated rings. The van der Waals surface area contributed by atoms with Crippen molar-refractivity contribution in [2.45, 2.75) is 6.42 Å². The zero-order valence-corrected chi connectivity index (χ0v) is 12.6. The molecule has 0 heterocycles. The van der Waals surface area contributed by atoms with Crippen LogP contribution in [0.3, 0.4) is 0 Å². The number of benzene rings is 2. The second kappa shape index (κ2) is 7.75. The molecular weight excluding hydrogens is 284 g/mol. The zero-order valence-electron chi connectivity index (χ0n) is 12.6. The Hall–Kier alpha value is -3.14. The molecule has 4 nitrogen and oxygen atoms in total.